The van der Waals surface area contributed by atoms with Crippen LogP contribution in [0, 0.1) is 11.3 Å². The summed E-state index contributed by atoms with van der Waals surface area (Å²) < 4.78 is 1.79. The Morgan fingerprint density at radius 2 is 2.38 bits per heavy atom. The minimum absolute atomic E-state index is 0.318. The summed E-state index contributed by atoms with van der Waals surface area (Å²) in [6.07, 6.45) is 0. The molecule has 0 aromatic carbocycles. The first-order valence-corrected chi connectivity index (χ1v) is 6.09. The monoisotopic (exact) mass is 231 g/mol. The van der Waals surface area contributed by atoms with Gasteiger partial charge in [0.15, 0.2) is 0 Å². The Hall–Kier alpha value is -1.60. The van der Waals surface area contributed by atoms with E-state index in [1.807, 2.05) is 17.5 Å². The Kier molecular flexibility index (Phi) is 3.07. The maximum Gasteiger partial charge on any atom is 0.128 e. The minimum atomic E-state index is 0.318. The molecule has 82 valence electrons. The van der Waals surface area contributed by atoms with Gasteiger partial charge in [-0.1, -0.05) is 19.9 Å². The summed E-state index contributed by atoms with van der Waals surface area (Å²) in [6, 6.07) is 8.28. The lowest BCUT2D eigenvalue weighted by atomic mass is 10.1. The number of rotatable bonds is 3. The first-order chi connectivity index (χ1) is 7.72. The molecule has 2 heterocycles. The quantitative estimate of drug-likeness (QED) is 0.813. The topological polar surface area (TPSA) is 41.6 Å². The van der Waals surface area contributed by atoms with Crippen LogP contribution in [0.1, 0.15) is 25.5 Å². The number of hydrogen-bond donors (Lipinski definition) is 0. The van der Waals surface area contributed by atoms with Gasteiger partial charge in [0.2, 0.25) is 0 Å². The molecule has 0 bridgehead atoms. The third-order valence-corrected chi connectivity index (χ3v) is 3.29. The van der Waals surface area contributed by atoms with Crippen LogP contribution in [0.5, 0.6) is 0 Å². The van der Waals surface area contributed by atoms with Gasteiger partial charge in [-0.15, -0.1) is 11.3 Å². The van der Waals surface area contributed by atoms with Crippen LogP contribution in [0.25, 0.3) is 10.6 Å². The van der Waals surface area contributed by atoms with Crippen LogP contribution in [-0.4, -0.2) is 9.78 Å². The van der Waals surface area contributed by atoms with E-state index in [-0.39, 0.29) is 0 Å². The van der Waals surface area contributed by atoms with Crippen molar-refractivity contribution in [2.45, 2.75) is 26.3 Å². The van der Waals surface area contributed by atoms with Crippen LogP contribution >= 0.6 is 11.3 Å². The zero-order valence-corrected chi connectivity index (χ0v) is 10.2. The van der Waals surface area contributed by atoms with Crippen molar-refractivity contribution >= 4 is 11.3 Å². The van der Waals surface area contributed by atoms with E-state index < -0.39 is 0 Å². The molecule has 0 N–H and O–H groups in total. The van der Waals surface area contributed by atoms with Gasteiger partial charge in [0.25, 0.3) is 0 Å². The molecular formula is C12H13N3S. The van der Waals surface area contributed by atoms with Gasteiger partial charge in [0.05, 0.1) is 10.9 Å². The van der Waals surface area contributed by atoms with Crippen molar-refractivity contribution in [3.05, 3.63) is 29.3 Å². The van der Waals surface area contributed by atoms with E-state index in [0.717, 1.165) is 16.3 Å². The highest BCUT2D eigenvalue weighted by Gasteiger charge is 2.12. The first kappa shape index (κ1) is 10.9. The number of thiophene rings is 1. The smallest absolute Gasteiger partial charge is 0.128 e. The molecule has 4 heteroatoms. The summed E-state index contributed by atoms with van der Waals surface area (Å²) in [5.41, 5.74) is 2.08. The van der Waals surface area contributed by atoms with Crippen LogP contribution in [0.15, 0.2) is 23.6 Å². The molecular weight excluding hydrogens is 218 g/mol. The van der Waals surface area contributed by atoms with Crippen molar-refractivity contribution in [3.63, 3.8) is 0 Å². The van der Waals surface area contributed by atoms with E-state index in [2.05, 4.69) is 31.1 Å². The van der Waals surface area contributed by atoms with Crippen molar-refractivity contribution in [2.75, 3.05) is 0 Å². The van der Waals surface area contributed by atoms with Crippen molar-refractivity contribution in [3.8, 4) is 16.6 Å². The van der Waals surface area contributed by atoms with E-state index in [0.29, 0.717) is 12.5 Å². The minimum Gasteiger partial charge on any atom is -0.254 e. The predicted octanol–water partition coefficient (Wildman–Crippen LogP) is 3.26. The molecule has 0 unspecified atom stereocenters. The summed E-state index contributed by atoms with van der Waals surface area (Å²) in [4.78, 5) is 1.15. The molecule has 0 spiro atoms. The molecule has 2 aromatic heterocycles. The fourth-order valence-corrected chi connectivity index (χ4v) is 2.32. The van der Waals surface area contributed by atoms with Gasteiger partial charge >= 0.3 is 0 Å². The van der Waals surface area contributed by atoms with E-state index in [4.69, 9.17) is 5.26 Å². The highest BCUT2D eigenvalue weighted by molar-refractivity contribution is 7.13. The Labute approximate surface area is 99.0 Å². The Bertz CT molecular complexity index is 503. The Balaban J connectivity index is 2.43. The van der Waals surface area contributed by atoms with Gasteiger partial charge in [0, 0.05) is 5.69 Å². The summed E-state index contributed by atoms with van der Waals surface area (Å²) in [7, 11) is 0. The van der Waals surface area contributed by atoms with Gasteiger partial charge in [-0.2, -0.15) is 10.4 Å². The average Bonchev–Trinajstić information content (AvgIpc) is 2.83. The molecule has 16 heavy (non-hydrogen) atoms. The second kappa shape index (κ2) is 4.50. The molecule has 0 fully saturated rings. The normalized spacial score (nSPS) is 10.6. The maximum absolute atomic E-state index is 8.76. The van der Waals surface area contributed by atoms with E-state index in [1.54, 1.807) is 16.0 Å². The van der Waals surface area contributed by atoms with Crippen molar-refractivity contribution in [2.24, 2.45) is 0 Å². The molecule has 0 atom stereocenters. The first-order valence-electron chi connectivity index (χ1n) is 5.21. The molecule has 0 saturated carbocycles. The second-order valence-electron chi connectivity index (χ2n) is 3.90. The zero-order valence-electron chi connectivity index (χ0n) is 9.34. The molecule has 0 saturated heterocycles. The Morgan fingerprint density at radius 1 is 1.56 bits per heavy atom. The van der Waals surface area contributed by atoms with Crippen LogP contribution in [0.4, 0.5) is 0 Å². The number of nitriles is 1. The summed E-state index contributed by atoms with van der Waals surface area (Å²) in [5, 5.41) is 15.3. The SMILES string of the molecule is CC(C)c1cc(-c2cccs2)nn1CC#N. The molecule has 0 radical (unpaired) electrons. The van der Waals surface area contributed by atoms with Crippen molar-refractivity contribution in [1.82, 2.24) is 9.78 Å². The number of aromatic nitrogens is 2. The molecule has 0 aliphatic carbocycles. The Morgan fingerprint density at radius 3 is 2.94 bits per heavy atom. The van der Waals surface area contributed by atoms with Gasteiger partial charge in [-0.05, 0) is 23.4 Å². The predicted molar refractivity (Wildman–Crippen MR) is 65.2 cm³/mol. The van der Waals surface area contributed by atoms with E-state index >= 15 is 0 Å². The third-order valence-electron chi connectivity index (χ3n) is 2.40. The standard InChI is InChI=1S/C12H13N3S/c1-9(2)11-8-10(12-4-3-7-16-12)14-15(11)6-5-13/h3-4,7-9H,6H2,1-2H3. The summed E-state index contributed by atoms with van der Waals surface area (Å²) in [5.74, 6) is 0.384. The van der Waals surface area contributed by atoms with Crippen LogP contribution in [0.3, 0.4) is 0 Å². The van der Waals surface area contributed by atoms with E-state index in [9.17, 15) is 0 Å². The maximum atomic E-state index is 8.76. The largest absolute Gasteiger partial charge is 0.254 e. The average molecular weight is 231 g/mol. The van der Waals surface area contributed by atoms with Gasteiger partial charge in [0.1, 0.15) is 12.2 Å². The van der Waals surface area contributed by atoms with E-state index in [1.165, 1.54) is 0 Å². The highest BCUT2D eigenvalue weighted by atomic mass is 32.1. The number of nitrogens with zero attached hydrogens (tertiary/aromatic N) is 3. The van der Waals surface area contributed by atoms with Crippen molar-refractivity contribution in [1.29, 1.82) is 5.26 Å². The zero-order chi connectivity index (χ0) is 11.5. The number of hydrogen-bond acceptors (Lipinski definition) is 3. The molecule has 2 rings (SSSR count). The molecule has 2 aromatic rings. The third kappa shape index (κ3) is 2.00. The van der Waals surface area contributed by atoms with Gasteiger partial charge < -0.3 is 0 Å². The van der Waals surface area contributed by atoms with Crippen LogP contribution in [-0.2, 0) is 6.54 Å². The fourth-order valence-electron chi connectivity index (χ4n) is 1.63. The van der Waals surface area contributed by atoms with Gasteiger partial charge in [-0.25, -0.2) is 0 Å². The van der Waals surface area contributed by atoms with Crippen LogP contribution < -0.4 is 0 Å². The van der Waals surface area contributed by atoms with Crippen molar-refractivity contribution < 1.29 is 0 Å². The lowest BCUT2D eigenvalue weighted by molar-refractivity contribution is 0.634. The van der Waals surface area contributed by atoms with Crippen LogP contribution in [0.2, 0.25) is 0 Å². The van der Waals surface area contributed by atoms with Gasteiger partial charge in [-0.3, -0.25) is 4.68 Å². The molecule has 3 nitrogen and oxygen atoms in total. The molecule has 0 aliphatic rings. The highest BCUT2D eigenvalue weighted by Crippen LogP contribution is 2.26. The molecule has 0 aliphatic heterocycles. The fraction of sp³-hybridized carbons (Fsp3) is 0.333. The second-order valence-corrected chi connectivity index (χ2v) is 4.85. The lowest BCUT2D eigenvalue weighted by Gasteiger charge is -2.05. The molecule has 0 amide bonds. The summed E-state index contributed by atoms with van der Waals surface area (Å²) in [6.45, 7) is 4.55. The summed E-state index contributed by atoms with van der Waals surface area (Å²) >= 11 is 1.67. The lowest BCUT2D eigenvalue weighted by Crippen LogP contribution is -2.04.